The van der Waals surface area contributed by atoms with Crippen LogP contribution >= 0.6 is 11.8 Å². The molecule has 4 nitrogen and oxygen atoms in total. The van der Waals surface area contributed by atoms with Gasteiger partial charge in [-0.1, -0.05) is 18.2 Å². The lowest BCUT2D eigenvalue weighted by Crippen LogP contribution is -2.32. The van der Waals surface area contributed by atoms with Crippen LogP contribution in [-0.2, 0) is 0 Å². The van der Waals surface area contributed by atoms with Crippen LogP contribution in [0.25, 0.3) is 0 Å². The van der Waals surface area contributed by atoms with Crippen molar-refractivity contribution >= 4 is 17.7 Å². The molecule has 0 spiro atoms. The van der Waals surface area contributed by atoms with Crippen LogP contribution in [0.2, 0.25) is 0 Å². The van der Waals surface area contributed by atoms with E-state index in [1.807, 2.05) is 17.0 Å². The highest BCUT2D eigenvalue weighted by Gasteiger charge is 2.25. The maximum absolute atomic E-state index is 14.0. The minimum Gasteiger partial charge on any atom is -0.454 e. The summed E-state index contributed by atoms with van der Waals surface area (Å²) in [6.07, 6.45) is 0.738. The van der Waals surface area contributed by atoms with E-state index in [-0.39, 0.29) is 23.8 Å². The zero-order valence-electron chi connectivity index (χ0n) is 13.6. The van der Waals surface area contributed by atoms with E-state index in [0.29, 0.717) is 30.2 Å². The zero-order chi connectivity index (χ0) is 17.2. The first-order valence-corrected chi connectivity index (χ1v) is 9.32. The molecule has 0 bridgehead atoms. The summed E-state index contributed by atoms with van der Waals surface area (Å²) in [7, 11) is 0. The zero-order valence-corrected chi connectivity index (χ0v) is 14.4. The highest BCUT2D eigenvalue weighted by molar-refractivity contribution is 7.99. The third kappa shape index (κ3) is 3.31. The van der Waals surface area contributed by atoms with E-state index in [1.54, 1.807) is 36.0 Å². The largest absolute Gasteiger partial charge is 0.454 e. The van der Waals surface area contributed by atoms with E-state index >= 15 is 0 Å². The van der Waals surface area contributed by atoms with Crippen molar-refractivity contribution in [3.63, 3.8) is 0 Å². The monoisotopic (exact) mass is 359 g/mol. The summed E-state index contributed by atoms with van der Waals surface area (Å²) >= 11 is 1.71. The summed E-state index contributed by atoms with van der Waals surface area (Å²) in [5.41, 5.74) is 1.32. The number of nitrogens with zero attached hydrogens (tertiary/aromatic N) is 1. The van der Waals surface area contributed by atoms with Crippen molar-refractivity contribution in [1.29, 1.82) is 0 Å². The summed E-state index contributed by atoms with van der Waals surface area (Å²) in [5, 5.41) is 0.0794. The summed E-state index contributed by atoms with van der Waals surface area (Å²) in [6, 6.07) is 12.2. The van der Waals surface area contributed by atoms with Gasteiger partial charge in [0.1, 0.15) is 5.82 Å². The molecule has 1 fully saturated rings. The minimum atomic E-state index is -0.171. The highest BCUT2D eigenvalue weighted by Crippen LogP contribution is 2.36. The molecule has 0 N–H and O–H groups in total. The summed E-state index contributed by atoms with van der Waals surface area (Å²) < 4.78 is 24.7. The fourth-order valence-electron chi connectivity index (χ4n) is 3.17. The van der Waals surface area contributed by atoms with Gasteiger partial charge in [0.2, 0.25) is 6.79 Å². The quantitative estimate of drug-likeness (QED) is 0.816. The van der Waals surface area contributed by atoms with E-state index in [0.717, 1.165) is 17.7 Å². The molecule has 130 valence electrons. The van der Waals surface area contributed by atoms with Crippen LogP contribution in [0, 0.1) is 5.82 Å². The molecule has 0 aromatic heterocycles. The molecule has 2 heterocycles. The predicted octanol–water partition coefficient (Wildman–Crippen LogP) is 3.87. The standard InChI is InChI=1S/C19H18FNO3S/c20-15-4-2-1-3-14(15)18-7-8-21(9-10-25-18)19(22)13-5-6-16-17(11-13)24-12-23-16/h1-6,11,18H,7-10,12H2. The number of amides is 1. The number of carbonyl (C=O) groups excluding carboxylic acids is 1. The Hall–Kier alpha value is -2.21. The molecular weight excluding hydrogens is 341 g/mol. The van der Waals surface area contributed by atoms with Gasteiger partial charge in [-0.05, 0) is 30.7 Å². The molecule has 2 aliphatic heterocycles. The third-order valence-electron chi connectivity index (χ3n) is 4.50. The number of benzene rings is 2. The van der Waals surface area contributed by atoms with Crippen molar-refractivity contribution in [2.24, 2.45) is 0 Å². The molecule has 4 rings (SSSR count). The van der Waals surface area contributed by atoms with Crippen LogP contribution in [0.4, 0.5) is 4.39 Å². The molecule has 1 amide bonds. The van der Waals surface area contributed by atoms with Gasteiger partial charge in [0.15, 0.2) is 11.5 Å². The number of carbonyl (C=O) groups is 1. The van der Waals surface area contributed by atoms with Gasteiger partial charge < -0.3 is 14.4 Å². The first-order valence-electron chi connectivity index (χ1n) is 8.27. The van der Waals surface area contributed by atoms with Crippen LogP contribution in [0.15, 0.2) is 42.5 Å². The van der Waals surface area contributed by atoms with Crippen LogP contribution in [0.5, 0.6) is 11.5 Å². The lowest BCUT2D eigenvalue weighted by Gasteiger charge is -2.20. The van der Waals surface area contributed by atoms with Gasteiger partial charge in [0, 0.05) is 35.2 Å². The lowest BCUT2D eigenvalue weighted by atomic mass is 10.1. The Bertz CT molecular complexity index is 798. The minimum absolute atomic E-state index is 0.0203. The number of fused-ring (bicyclic) bond motifs is 1. The van der Waals surface area contributed by atoms with Crippen LogP contribution in [0.1, 0.15) is 27.6 Å². The van der Waals surface area contributed by atoms with Gasteiger partial charge in [0.25, 0.3) is 5.91 Å². The maximum atomic E-state index is 14.0. The van der Waals surface area contributed by atoms with Gasteiger partial charge in [-0.3, -0.25) is 4.79 Å². The molecule has 1 atom stereocenters. The van der Waals surface area contributed by atoms with Crippen molar-refractivity contribution in [3.8, 4) is 11.5 Å². The number of hydrogen-bond acceptors (Lipinski definition) is 4. The summed E-state index contributed by atoms with van der Waals surface area (Å²) in [5.74, 6) is 1.88. The average molecular weight is 359 g/mol. The summed E-state index contributed by atoms with van der Waals surface area (Å²) in [4.78, 5) is 14.6. The SMILES string of the molecule is O=C(c1ccc2c(c1)OCO2)N1CCSC(c2ccccc2F)CC1. The Kier molecular flexibility index (Phi) is 4.53. The first kappa shape index (κ1) is 16.3. The van der Waals surface area contributed by atoms with E-state index in [2.05, 4.69) is 0 Å². The van der Waals surface area contributed by atoms with E-state index in [4.69, 9.17) is 9.47 Å². The maximum Gasteiger partial charge on any atom is 0.254 e. The highest BCUT2D eigenvalue weighted by atomic mass is 32.2. The van der Waals surface area contributed by atoms with Crippen LogP contribution in [-0.4, -0.2) is 36.4 Å². The van der Waals surface area contributed by atoms with E-state index in [9.17, 15) is 9.18 Å². The molecule has 2 aliphatic rings. The molecule has 1 unspecified atom stereocenters. The second-order valence-corrected chi connectivity index (χ2v) is 7.34. The average Bonchev–Trinajstić information content (AvgIpc) is 2.97. The van der Waals surface area contributed by atoms with Gasteiger partial charge in [-0.25, -0.2) is 4.39 Å². The van der Waals surface area contributed by atoms with Crippen LogP contribution < -0.4 is 9.47 Å². The van der Waals surface area contributed by atoms with Gasteiger partial charge in [-0.2, -0.15) is 11.8 Å². The number of ether oxygens (including phenoxy) is 2. The number of hydrogen-bond donors (Lipinski definition) is 0. The Labute approximate surface area is 149 Å². The molecule has 0 aliphatic carbocycles. The fourth-order valence-corrected chi connectivity index (χ4v) is 4.42. The number of rotatable bonds is 2. The Morgan fingerprint density at radius 2 is 1.96 bits per heavy atom. The molecule has 2 aromatic carbocycles. The normalized spacial score (nSPS) is 19.6. The molecule has 0 saturated carbocycles. The predicted molar refractivity (Wildman–Crippen MR) is 94.7 cm³/mol. The van der Waals surface area contributed by atoms with Crippen molar-refractivity contribution in [3.05, 3.63) is 59.4 Å². The van der Waals surface area contributed by atoms with Gasteiger partial charge in [-0.15, -0.1) is 0 Å². The Balaban J connectivity index is 1.47. The topological polar surface area (TPSA) is 38.8 Å². The molecule has 6 heteroatoms. The van der Waals surface area contributed by atoms with E-state index in [1.165, 1.54) is 6.07 Å². The smallest absolute Gasteiger partial charge is 0.254 e. The van der Waals surface area contributed by atoms with Gasteiger partial charge >= 0.3 is 0 Å². The second-order valence-electron chi connectivity index (χ2n) is 6.03. The molecule has 25 heavy (non-hydrogen) atoms. The summed E-state index contributed by atoms with van der Waals surface area (Å²) in [6.45, 7) is 1.46. The number of thioether (sulfide) groups is 1. The third-order valence-corrected chi connectivity index (χ3v) is 5.81. The second kappa shape index (κ2) is 6.96. The Morgan fingerprint density at radius 3 is 2.84 bits per heavy atom. The van der Waals surface area contributed by atoms with Crippen molar-refractivity contribution in [2.75, 3.05) is 25.6 Å². The lowest BCUT2D eigenvalue weighted by molar-refractivity contribution is 0.0766. The van der Waals surface area contributed by atoms with Crippen molar-refractivity contribution in [1.82, 2.24) is 4.90 Å². The van der Waals surface area contributed by atoms with Crippen LogP contribution in [0.3, 0.4) is 0 Å². The van der Waals surface area contributed by atoms with Crippen molar-refractivity contribution < 1.29 is 18.7 Å². The molecular formula is C19H18FNO3S. The number of halogens is 1. The molecule has 1 saturated heterocycles. The van der Waals surface area contributed by atoms with Gasteiger partial charge in [0.05, 0.1) is 0 Å². The van der Waals surface area contributed by atoms with Crippen molar-refractivity contribution in [2.45, 2.75) is 11.7 Å². The molecule has 0 radical (unpaired) electrons. The molecule has 2 aromatic rings. The first-order chi connectivity index (χ1) is 12.2. The Morgan fingerprint density at radius 1 is 1.12 bits per heavy atom. The van der Waals surface area contributed by atoms with E-state index < -0.39 is 0 Å². The fraction of sp³-hybridized carbons (Fsp3) is 0.316.